The molecule has 0 aliphatic heterocycles. The molecule has 0 N–H and O–H groups in total. The van der Waals surface area contributed by atoms with E-state index in [2.05, 4.69) is 13.8 Å². The minimum absolute atomic E-state index is 0.0134. The standard InChI is InChI=1S/C20H38O4/c1-4-6-7-8-9-13-17-23-19(21)15-11-10-12-16-20(22)24-18(3)14-5-2/h18H,4-17H2,1-3H3. The summed E-state index contributed by atoms with van der Waals surface area (Å²) in [6.45, 7) is 6.77. The molecule has 0 radical (unpaired) electrons. The van der Waals surface area contributed by atoms with Crippen LogP contribution in [0.3, 0.4) is 0 Å². The molecule has 0 fully saturated rings. The molecule has 1 unspecified atom stereocenters. The molecule has 0 aromatic heterocycles. The van der Waals surface area contributed by atoms with Crippen LogP contribution in [0.4, 0.5) is 0 Å². The molecule has 0 aliphatic carbocycles. The zero-order valence-corrected chi connectivity index (χ0v) is 16.1. The summed E-state index contributed by atoms with van der Waals surface area (Å²) < 4.78 is 10.5. The van der Waals surface area contributed by atoms with Crippen molar-refractivity contribution in [2.24, 2.45) is 0 Å². The third kappa shape index (κ3) is 15.8. The van der Waals surface area contributed by atoms with Crippen molar-refractivity contribution in [3.05, 3.63) is 0 Å². The number of rotatable bonds is 16. The van der Waals surface area contributed by atoms with Crippen molar-refractivity contribution < 1.29 is 19.1 Å². The van der Waals surface area contributed by atoms with Crippen LogP contribution in [-0.4, -0.2) is 24.6 Å². The Balaban J connectivity index is 3.38. The average molecular weight is 343 g/mol. The zero-order valence-electron chi connectivity index (χ0n) is 16.1. The highest BCUT2D eigenvalue weighted by molar-refractivity contribution is 5.70. The maximum absolute atomic E-state index is 11.6. The van der Waals surface area contributed by atoms with Crippen molar-refractivity contribution in [3.63, 3.8) is 0 Å². The van der Waals surface area contributed by atoms with Gasteiger partial charge in [-0.1, -0.05) is 58.8 Å². The van der Waals surface area contributed by atoms with E-state index in [1.165, 1.54) is 25.7 Å². The van der Waals surface area contributed by atoms with Crippen LogP contribution < -0.4 is 0 Å². The number of hydrogen-bond acceptors (Lipinski definition) is 4. The monoisotopic (exact) mass is 342 g/mol. The van der Waals surface area contributed by atoms with Crippen molar-refractivity contribution in [3.8, 4) is 0 Å². The summed E-state index contributed by atoms with van der Waals surface area (Å²) in [5, 5.41) is 0. The number of hydrogen-bond donors (Lipinski definition) is 0. The molecule has 4 nitrogen and oxygen atoms in total. The Labute approximate surface area is 148 Å². The highest BCUT2D eigenvalue weighted by atomic mass is 16.5. The lowest BCUT2D eigenvalue weighted by molar-refractivity contribution is -0.148. The normalized spacial score (nSPS) is 12.0. The van der Waals surface area contributed by atoms with E-state index in [1.54, 1.807) is 0 Å². The molecule has 24 heavy (non-hydrogen) atoms. The largest absolute Gasteiger partial charge is 0.466 e. The molecular weight excluding hydrogens is 304 g/mol. The fourth-order valence-electron chi connectivity index (χ4n) is 2.60. The Morgan fingerprint density at radius 2 is 1.33 bits per heavy atom. The number of unbranched alkanes of at least 4 members (excludes halogenated alkanes) is 7. The second-order valence-corrected chi connectivity index (χ2v) is 6.64. The molecule has 0 saturated carbocycles. The van der Waals surface area contributed by atoms with Gasteiger partial charge in [-0.05, 0) is 32.6 Å². The van der Waals surface area contributed by atoms with E-state index in [0.717, 1.165) is 44.9 Å². The molecule has 0 bridgehead atoms. The molecule has 0 aromatic carbocycles. The predicted molar refractivity (Wildman–Crippen MR) is 97.9 cm³/mol. The van der Waals surface area contributed by atoms with E-state index < -0.39 is 0 Å². The Bertz CT molecular complexity index is 315. The van der Waals surface area contributed by atoms with Crippen molar-refractivity contribution in [2.45, 2.75) is 110 Å². The maximum atomic E-state index is 11.6. The van der Waals surface area contributed by atoms with Crippen LogP contribution >= 0.6 is 0 Å². The van der Waals surface area contributed by atoms with Gasteiger partial charge in [-0.25, -0.2) is 0 Å². The molecule has 0 spiro atoms. The summed E-state index contributed by atoms with van der Waals surface area (Å²) >= 11 is 0. The number of esters is 2. The van der Waals surface area contributed by atoms with Crippen LogP contribution in [0.2, 0.25) is 0 Å². The van der Waals surface area contributed by atoms with Crippen LogP contribution in [0.5, 0.6) is 0 Å². The van der Waals surface area contributed by atoms with Gasteiger partial charge in [0, 0.05) is 12.8 Å². The average Bonchev–Trinajstić information content (AvgIpc) is 2.53. The molecule has 1 atom stereocenters. The van der Waals surface area contributed by atoms with Crippen molar-refractivity contribution in [2.75, 3.05) is 6.61 Å². The van der Waals surface area contributed by atoms with Crippen molar-refractivity contribution >= 4 is 11.9 Å². The molecule has 0 aliphatic rings. The van der Waals surface area contributed by atoms with E-state index >= 15 is 0 Å². The molecule has 0 rings (SSSR count). The molecular formula is C20H38O4. The smallest absolute Gasteiger partial charge is 0.306 e. The van der Waals surface area contributed by atoms with E-state index in [0.29, 0.717) is 19.4 Å². The molecule has 0 heterocycles. The Hall–Kier alpha value is -1.06. The first kappa shape index (κ1) is 22.9. The molecule has 0 amide bonds. The van der Waals surface area contributed by atoms with Gasteiger partial charge in [-0.15, -0.1) is 0 Å². The van der Waals surface area contributed by atoms with Gasteiger partial charge in [0.15, 0.2) is 0 Å². The van der Waals surface area contributed by atoms with Crippen LogP contribution in [0.1, 0.15) is 104 Å². The van der Waals surface area contributed by atoms with E-state index in [-0.39, 0.29) is 18.0 Å². The second-order valence-electron chi connectivity index (χ2n) is 6.64. The van der Waals surface area contributed by atoms with Gasteiger partial charge in [-0.2, -0.15) is 0 Å². The third-order valence-electron chi connectivity index (χ3n) is 4.05. The minimum Gasteiger partial charge on any atom is -0.466 e. The van der Waals surface area contributed by atoms with Gasteiger partial charge in [-0.3, -0.25) is 9.59 Å². The van der Waals surface area contributed by atoms with Gasteiger partial charge in [0.25, 0.3) is 0 Å². The lowest BCUT2D eigenvalue weighted by Crippen LogP contribution is -2.14. The number of carbonyl (C=O) groups is 2. The molecule has 0 saturated heterocycles. The zero-order chi connectivity index (χ0) is 18.0. The quantitative estimate of drug-likeness (QED) is 0.272. The number of carbonyl (C=O) groups excluding carboxylic acids is 2. The van der Waals surface area contributed by atoms with Crippen LogP contribution in [0.25, 0.3) is 0 Å². The molecule has 0 aromatic rings. The first-order valence-corrected chi connectivity index (χ1v) is 9.95. The highest BCUT2D eigenvalue weighted by Gasteiger charge is 2.08. The summed E-state index contributed by atoms with van der Waals surface area (Å²) in [5.74, 6) is -0.232. The Morgan fingerprint density at radius 3 is 2.00 bits per heavy atom. The summed E-state index contributed by atoms with van der Waals surface area (Å²) in [7, 11) is 0. The van der Waals surface area contributed by atoms with E-state index in [4.69, 9.17) is 9.47 Å². The summed E-state index contributed by atoms with van der Waals surface area (Å²) in [6.07, 6.45) is 12.5. The fraction of sp³-hybridized carbons (Fsp3) is 0.900. The van der Waals surface area contributed by atoms with E-state index in [9.17, 15) is 9.59 Å². The van der Waals surface area contributed by atoms with Gasteiger partial charge in [0.2, 0.25) is 0 Å². The molecule has 142 valence electrons. The van der Waals surface area contributed by atoms with Gasteiger partial charge < -0.3 is 9.47 Å². The first-order chi connectivity index (χ1) is 11.6. The topological polar surface area (TPSA) is 52.6 Å². The lowest BCUT2D eigenvalue weighted by atomic mass is 10.1. The second kappa shape index (κ2) is 16.8. The van der Waals surface area contributed by atoms with Gasteiger partial charge >= 0.3 is 11.9 Å². The third-order valence-corrected chi connectivity index (χ3v) is 4.05. The summed E-state index contributed by atoms with van der Waals surface area (Å²) in [5.41, 5.74) is 0. The maximum Gasteiger partial charge on any atom is 0.306 e. The van der Waals surface area contributed by atoms with Crippen molar-refractivity contribution in [1.82, 2.24) is 0 Å². The lowest BCUT2D eigenvalue weighted by Gasteiger charge is -2.11. The first-order valence-electron chi connectivity index (χ1n) is 9.95. The fourth-order valence-corrected chi connectivity index (χ4v) is 2.60. The van der Waals surface area contributed by atoms with Crippen molar-refractivity contribution in [1.29, 1.82) is 0 Å². The van der Waals surface area contributed by atoms with Crippen LogP contribution in [-0.2, 0) is 19.1 Å². The predicted octanol–water partition coefficient (Wildman–Crippen LogP) is 5.57. The van der Waals surface area contributed by atoms with Crippen LogP contribution in [0.15, 0.2) is 0 Å². The Morgan fingerprint density at radius 1 is 0.750 bits per heavy atom. The molecule has 4 heteroatoms. The SMILES string of the molecule is CCCCCCCCOC(=O)CCCCCC(=O)OC(C)CCC. The van der Waals surface area contributed by atoms with Crippen LogP contribution in [0, 0.1) is 0 Å². The number of ether oxygens (including phenoxy) is 2. The Kier molecular flexibility index (Phi) is 16.0. The van der Waals surface area contributed by atoms with Gasteiger partial charge in [0.05, 0.1) is 12.7 Å². The minimum atomic E-state index is -0.124. The highest BCUT2D eigenvalue weighted by Crippen LogP contribution is 2.09. The summed E-state index contributed by atoms with van der Waals surface area (Å²) in [4.78, 5) is 23.2. The summed E-state index contributed by atoms with van der Waals surface area (Å²) in [6, 6.07) is 0. The van der Waals surface area contributed by atoms with Gasteiger partial charge in [0.1, 0.15) is 0 Å². The van der Waals surface area contributed by atoms with E-state index in [1.807, 2.05) is 6.92 Å².